The van der Waals surface area contributed by atoms with Crippen molar-refractivity contribution >= 4 is 11.8 Å². The molecule has 0 spiro atoms. The van der Waals surface area contributed by atoms with Crippen molar-refractivity contribution in [2.45, 2.75) is 68.8 Å². The van der Waals surface area contributed by atoms with Crippen molar-refractivity contribution in [2.75, 3.05) is 0 Å². The minimum atomic E-state index is 0.132. The third-order valence-electron chi connectivity index (χ3n) is 5.86. The zero-order valence-electron chi connectivity index (χ0n) is 17.9. The fourth-order valence-corrected chi connectivity index (χ4v) is 5.09. The molecule has 0 radical (unpaired) electrons. The van der Waals surface area contributed by atoms with Crippen LogP contribution in [0.1, 0.15) is 69.2 Å². The van der Waals surface area contributed by atoms with Crippen molar-refractivity contribution in [2.24, 2.45) is 0 Å². The molecule has 0 saturated heterocycles. The van der Waals surface area contributed by atoms with Gasteiger partial charge < -0.3 is 0 Å². The Balaban J connectivity index is 1.65. The summed E-state index contributed by atoms with van der Waals surface area (Å²) in [5.74, 6) is 1.68. The lowest BCUT2D eigenvalue weighted by Crippen LogP contribution is -2.11. The Hall–Kier alpha value is -2.58. The lowest BCUT2D eigenvalue weighted by molar-refractivity contribution is 0.485. The van der Waals surface area contributed by atoms with Crippen molar-refractivity contribution in [1.82, 2.24) is 14.8 Å². The number of thioether (sulfide) groups is 1. The van der Waals surface area contributed by atoms with Gasteiger partial charge in [-0.05, 0) is 35.4 Å². The molecule has 0 unspecified atom stereocenters. The molecule has 1 aliphatic carbocycles. The molecule has 1 aliphatic rings. The van der Waals surface area contributed by atoms with E-state index in [1.54, 1.807) is 11.8 Å². The van der Waals surface area contributed by atoms with Crippen LogP contribution in [0.2, 0.25) is 0 Å². The van der Waals surface area contributed by atoms with Gasteiger partial charge in [0, 0.05) is 17.4 Å². The van der Waals surface area contributed by atoms with Crippen molar-refractivity contribution in [3.05, 3.63) is 65.2 Å². The van der Waals surface area contributed by atoms with Gasteiger partial charge in [-0.15, -0.1) is 10.2 Å². The molecule has 1 heterocycles. The maximum atomic E-state index is 9.38. The largest absolute Gasteiger partial charge is 0.299 e. The molecule has 1 aromatic heterocycles. The van der Waals surface area contributed by atoms with Crippen LogP contribution in [-0.2, 0) is 11.2 Å². The van der Waals surface area contributed by atoms with Crippen LogP contribution in [0.25, 0.3) is 11.4 Å². The minimum Gasteiger partial charge on any atom is -0.299 e. The van der Waals surface area contributed by atoms with E-state index < -0.39 is 0 Å². The first-order valence-electron chi connectivity index (χ1n) is 10.6. The van der Waals surface area contributed by atoms with E-state index in [1.165, 1.54) is 31.2 Å². The van der Waals surface area contributed by atoms with Crippen LogP contribution in [-0.4, -0.2) is 14.8 Å². The van der Waals surface area contributed by atoms with Gasteiger partial charge >= 0.3 is 0 Å². The Morgan fingerprint density at radius 1 is 1.03 bits per heavy atom. The smallest absolute Gasteiger partial charge is 0.192 e. The van der Waals surface area contributed by atoms with Gasteiger partial charge in [0.2, 0.25) is 0 Å². The summed E-state index contributed by atoms with van der Waals surface area (Å²) in [6.07, 6.45) is 4.86. The molecule has 5 heteroatoms. The number of aromatic nitrogens is 3. The summed E-state index contributed by atoms with van der Waals surface area (Å²) in [4.78, 5) is 0. The van der Waals surface area contributed by atoms with E-state index in [0.29, 0.717) is 6.04 Å². The van der Waals surface area contributed by atoms with Gasteiger partial charge in [0.15, 0.2) is 11.0 Å². The highest BCUT2D eigenvalue weighted by Crippen LogP contribution is 2.37. The second kappa shape index (κ2) is 8.65. The Morgan fingerprint density at radius 2 is 1.73 bits per heavy atom. The molecule has 2 aromatic carbocycles. The highest BCUT2D eigenvalue weighted by Gasteiger charge is 2.25. The van der Waals surface area contributed by atoms with Crippen LogP contribution >= 0.6 is 11.8 Å². The average Bonchev–Trinajstić information content (AvgIpc) is 3.41. The Bertz CT molecular complexity index is 1050. The molecule has 0 atom stereocenters. The second-order valence-electron chi connectivity index (χ2n) is 9.00. The highest BCUT2D eigenvalue weighted by atomic mass is 32.2. The third-order valence-corrected chi connectivity index (χ3v) is 6.85. The van der Waals surface area contributed by atoms with Crippen molar-refractivity contribution in [3.8, 4) is 17.5 Å². The predicted molar refractivity (Wildman–Crippen MR) is 122 cm³/mol. The molecule has 4 rings (SSSR count). The SMILES string of the molecule is CC(C)(C)c1ccc(-c2nnc(SCc3ccccc3C#N)n2C2CCCC2)cc1. The second-order valence-corrected chi connectivity index (χ2v) is 9.94. The van der Waals surface area contributed by atoms with E-state index in [9.17, 15) is 5.26 Å². The fourth-order valence-electron chi connectivity index (χ4n) is 4.08. The summed E-state index contributed by atoms with van der Waals surface area (Å²) in [5, 5.41) is 19.5. The van der Waals surface area contributed by atoms with Gasteiger partial charge in [-0.25, -0.2) is 0 Å². The molecular weight excluding hydrogens is 388 g/mol. The van der Waals surface area contributed by atoms with Crippen molar-refractivity contribution < 1.29 is 0 Å². The zero-order chi connectivity index (χ0) is 21.1. The van der Waals surface area contributed by atoms with Crippen LogP contribution in [0.3, 0.4) is 0 Å². The van der Waals surface area contributed by atoms with E-state index in [2.05, 4.69) is 65.9 Å². The molecule has 0 amide bonds. The maximum absolute atomic E-state index is 9.38. The fraction of sp³-hybridized carbons (Fsp3) is 0.400. The van der Waals surface area contributed by atoms with E-state index in [1.807, 2.05) is 24.3 Å². The molecule has 4 nitrogen and oxygen atoms in total. The molecule has 0 bridgehead atoms. The molecular formula is C25H28N4S. The number of hydrogen-bond donors (Lipinski definition) is 0. The maximum Gasteiger partial charge on any atom is 0.192 e. The van der Waals surface area contributed by atoms with Gasteiger partial charge in [0.1, 0.15) is 0 Å². The number of rotatable bonds is 5. The Kier molecular flexibility index (Phi) is 5.97. The first-order chi connectivity index (χ1) is 14.5. The van der Waals surface area contributed by atoms with E-state index >= 15 is 0 Å². The zero-order valence-corrected chi connectivity index (χ0v) is 18.7. The normalized spacial score (nSPS) is 14.7. The van der Waals surface area contributed by atoms with E-state index in [-0.39, 0.29) is 5.41 Å². The standard InChI is InChI=1S/C25H28N4S/c1-25(2,3)21-14-12-18(13-15-21)23-27-28-24(29(23)22-10-6-7-11-22)30-17-20-9-5-4-8-19(20)16-26/h4-5,8-9,12-15,22H,6-7,10-11,17H2,1-3H3. The Labute approximate surface area is 183 Å². The first-order valence-corrected chi connectivity index (χ1v) is 11.6. The van der Waals surface area contributed by atoms with Gasteiger partial charge in [-0.3, -0.25) is 4.57 Å². The molecule has 0 aliphatic heterocycles. The number of nitriles is 1. The average molecular weight is 417 g/mol. The molecule has 154 valence electrons. The van der Waals surface area contributed by atoms with Gasteiger partial charge in [-0.1, -0.05) is 87.8 Å². The molecule has 3 aromatic rings. The lowest BCUT2D eigenvalue weighted by Gasteiger charge is -2.20. The van der Waals surface area contributed by atoms with Crippen LogP contribution in [0.5, 0.6) is 0 Å². The molecule has 1 fully saturated rings. The van der Waals surface area contributed by atoms with Crippen molar-refractivity contribution in [1.29, 1.82) is 5.26 Å². The lowest BCUT2D eigenvalue weighted by atomic mass is 9.86. The number of hydrogen-bond acceptors (Lipinski definition) is 4. The molecule has 0 N–H and O–H groups in total. The topological polar surface area (TPSA) is 54.5 Å². The molecule has 30 heavy (non-hydrogen) atoms. The monoisotopic (exact) mass is 416 g/mol. The summed E-state index contributed by atoms with van der Waals surface area (Å²) in [5.41, 5.74) is 4.34. The van der Waals surface area contributed by atoms with Crippen LogP contribution in [0.4, 0.5) is 0 Å². The third kappa shape index (κ3) is 4.29. The quantitative estimate of drug-likeness (QED) is 0.444. The summed E-state index contributed by atoms with van der Waals surface area (Å²) >= 11 is 1.68. The van der Waals surface area contributed by atoms with Crippen molar-refractivity contribution in [3.63, 3.8) is 0 Å². The summed E-state index contributed by atoms with van der Waals surface area (Å²) in [7, 11) is 0. The minimum absolute atomic E-state index is 0.132. The van der Waals surface area contributed by atoms with Gasteiger partial charge in [0.25, 0.3) is 0 Å². The van der Waals surface area contributed by atoms with Gasteiger partial charge in [-0.2, -0.15) is 5.26 Å². The number of nitrogens with zero attached hydrogens (tertiary/aromatic N) is 4. The summed E-state index contributed by atoms with van der Waals surface area (Å²) in [6, 6.07) is 19.3. The van der Waals surface area contributed by atoms with E-state index in [4.69, 9.17) is 0 Å². The first kappa shape index (κ1) is 20.7. The van der Waals surface area contributed by atoms with Gasteiger partial charge in [0.05, 0.1) is 11.6 Å². The van der Waals surface area contributed by atoms with Crippen LogP contribution in [0.15, 0.2) is 53.7 Å². The summed E-state index contributed by atoms with van der Waals surface area (Å²) in [6.45, 7) is 6.70. The highest BCUT2D eigenvalue weighted by molar-refractivity contribution is 7.98. The Morgan fingerprint density at radius 3 is 2.40 bits per heavy atom. The van der Waals surface area contributed by atoms with E-state index in [0.717, 1.165) is 33.4 Å². The van der Waals surface area contributed by atoms with Crippen LogP contribution in [0, 0.1) is 11.3 Å². The number of benzene rings is 2. The van der Waals surface area contributed by atoms with Crippen LogP contribution < -0.4 is 0 Å². The summed E-state index contributed by atoms with van der Waals surface area (Å²) < 4.78 is 2.35. The predicted octanol–water partition coefficient (Wildman–Crippen LogP) is 6.52. The molecule has 1 saturated carbocycles.